The molecular weight excluding hydrogens is 645 g/mol. The quantitative estimate of drug-likeness (QED) is 0.181. The van der Waals surface area contributed by atoms with Crippen molar-refractivity contribution in [1.82, 2.24) is 4.57 Å². The molecule has 9 aromatic carbocycles. The van der Waals surface area contributed by atoms with Crippen molar-refractivity contribution in [2.45, 2.75) is 0 Å². The molecule has 0 fully saturated rings. The van der Waals surface area contributed by atoms with Gasteiger partial charge >= 0.3 is 0 Å². The number of benzene rings is 9. The first-order valence-electron chi connectivity index (χ1n) is 18.1. The molecule has 0 saturated carbocycles. The average molecular weight is 677 g/mol. The molecule has 0 bridgehead atoms. The number of hydrogen-bond donors (Lipinski definition) is 0. The third-order valence-corrected chi connectivity index (χ3v) is 10.7. The summed E-state index contributed by atoms with van der Waals surface area (Å²) >= 11 is 0. The summed E-state index contributed by atoms with van der Waals surface area (Å²) < 4.78 is 9.08. The zero-order valence-corrected chi connectivity index (χ0v) is 28.8. The normalized spacial score (nSPS) is 11.8. The summed E-state index contributed by atoms with van der Waals surface area (Å²) in [6, 6.07) is 69.8. The molecule has 53 heavy (non-hydrogen) atoms. The summed E-state index contributed by atoms with van der Waals surface area (Å²) in [5, 5.41) is 9.37. The summed E-state index contributed by atoms with van der Waals surface area (Å²) in [5.74, 6) is 0. The van der Waals surface area contributed by atoms with E-state index in [0.29, 0.717) is 0 Å². The number of furan rings is 1. The highest BCUT2D eigenvalue weighted by molar-refractivity contribution is 6.20. The molecule has 0 aliphatic heterocycles. The smallest absolute Gasteiger partial charge is 0.143 e. The highest BCUT2D eigenvalue weighted by Crippen LogP contribution is 2.46. The van der Waals surface area contributed by atoms with Crippen molar-refractivity contribution in [3.05, 3.63) is 194 Å². The third-order valence-electron chi connectivity index (χ3n) is 10.7. The predicted molar refractivity (Wildman–Crippen MR) is 223 cm³/mol. The van der Waals surface area contributed by atoms with E-state index in [1.165, 1.54) is 43.5 Å². The zero-order valence-electron chi connectivity index (χ0n) is 28.8. The van der Waals surface area contributed by atoms with Gasteiger partial charge in [-0.05, 0) is 100 Å². The number of nitrogens with zero attached hydrogens (tertiary/aromatic N) is 2. The Morgan fingerprint density at radius 2 is 1.09 bits per heavy atom. The van der Waals surface area contributed by atoms with Crippen molar-refractivity contribution in [2.24, 2.45) is 0 Å². The molecule has 2 heterocycles. The van der Waals surface area contributed by atoms with E-state index in [2.05, 4.69) is 204 Å². The largest absolute Gasteiger partial charge is 0.455 e. The fourth-order valence-corrected chi connectivity index (χ4v) is 8.30. The first-order valence-corrected chi connectivity index (χ1v) is 18.1. The second-order valence-electron chi connectivity index (χ2n) is 13.8. The van der Waals surface area contributed by atoms with E-state index in [0.717, 1.165) is 55.6 Å². The van der Waals surface area contributed by atoms with Crippen molar-refractivity contribution >= 4 is 82.4 Å². The van der Waals surface area contributed by atoms with E-state index in [1.54, 1.807) is 0 Å². The summed E-state index contributed by atoms with van der Waals surface area (Å²) in [6.07, 6.45) is 0. The first-order chi connectivity index (χ1) is 26.3. The summed E-state index contributed by atoms with van der Waals surface area (Å²) in [7, 11) is 0. The monoisotopic (exact) mass is 676 g/mol. The fraction of sp³-hybridized carbons (Fsp3) is 0. The Bertz CT molecular complexity index is 3190. The highest BCUT2D eigenvalue weighted by atomic mass is 16.3. The van der Waals surface area contributed by atoms with Crippen LogP contribution in [0.5, 0.6) is 0 Å². The Kier molecular flexibility index (Phi) is 6.55. The van der Waals surface area contributed by atoms with Crippen LogP contribution in [0.15, 0.2) is 199 Å². The van der Waals surface area contributed by atoms with Gasteiger partial charge in [0.05, 0.1) is 22.1 Å². The van der Waals surface area contributed by atoms with Gasteiger partial charge in [-0.1, -0.05) is 121 Å². The standard InChI is InChI=1S/C50H32N2O/c1-2-16-38(17-3-1)52-45-21-9-8-20-42(45)44-32-40(27-29-46(44)52)51(39-18-10-15-36(31-39)37-25-24-33-12-4-5-14-35(33)30-37)47-22-11-23-48-49(47)43-28-26-34-13-6-7-19-41(34)50(43)53-48/h1-32H. The van der Waals surface area contributed by atoms with Gasteiger partial charge in [0.25, 0.3) is 0 Å². The second kappa shape index (κ2) is 11.7. The lowest BCUT2D eigenvalue weighted by Gasteiger charge is -2.27. The lowest BCUT2D eigenvalue weighted by atomic mass is 10.00. The molecule has 3 nitrogen and oxygen atoms in total. The maximum Gasteiger partial charge on any atom is 0.143 e. The second-order valence-corrected chi connectivity index (χ2v) is 13.8. The van der Waals surface area contributed by atoms with Crippen LogP contribution < -0.4 is 4.90 Å². The maximum absolute atomic E-state index is 6.71. The van der Waals surface area contributed by atoms with Crippen LogP contribution in [0.4, 0.5) is 17.1 Å². The molecule has 0 spiro atoms. The first kappa shape index (κ1) is 29.6. The number of fused-ring (bicyclic) bond motifs is 9. The van der Waals surface area contributed by atoms with Crippen LogP contribution in [0, 0.1) is 0 Å². The minimum absolute atomic E-state index is 0.867. The lowest BCUT2D eigenvalue weighted by molar-refractivity contribution is 0.672. The van der Waals surface area contributed by atoms with Crippen LogP contribution in [-0.4, -0.2) is 4.57 Å². The minimum atomic E-state index is 0.867. The molecule has 11 aromatic rings. The van der Waals surface area contributed by atoms with Gasteiger partial charge in [-0.15, -0.1) is 0 Å². The van der Waals surface area contributed by atoms with E-state index >= 15 is 0 Å². The van der Waals surface area contributed by atoms with Crippen molar-refractivity contribution in [2.75, 3.05) is 4.90 Å². The average Bonchev–Trinajstić information content (AvgIpc) is 3.78. The predicted octanol–water partition coefficient (Wildman–Crippen LogP) is 14.1. The van der Waals surface area contributed by atoms with Crippen LogP contribution in [0.25, 0.3) is 82.1 Å². The van der Waals surface area contributed by atoms with E-state index in [-0.39, 0.29) is 0 Å². The molecule has 0 aliphatic rings. The van der Waals surface area contributed by atoms with Gasteiger partial charge in [-0.3, -0.25) is 0 Å². The van der Waals surface area contributed by atoms with Crippen LogP contribution in [-0.2, 0) is 0 Å². The maximum atomic E-state index is 6.71. The minimum Gasteiger partial charge on any atom is -0.455 e. The van der Waals surface area contributed by atoms with E-state index in [1.807, 2.05) is 0 Å². The number of rotatable bonds is 5. The van der Waals surface area contributed by atoms with Crippen molar-refractivity contribution in [3.63, 3.8) is 0 Å². The Balaban J connectivity index is 1.18. The summed E-state index contributed by atoms with van der Waals surface area (Å²) in [5.41, 5.74) is 10.8. The van der Waals surface area contributed by atoms with Gasteiger partial charge in [0.15, 0.2) is 0 Å². The number of hydrogen-bond acceptors (Lipinski definition) is 2. The molecule has 3 heteroatoms. The summed E-state index contributed by atoms with van der Waals surface area (Å²) in [4.78, 5) is 2.41. The van der Waals surface area contributed by atoms with Gasteiger partial charge < -0.3 is 13.9 Å². The molecule has 0 radical (unpaired) electrons. The SMILES string of the molecule is c1ccc(-n2c3ccccc3c3cc(N(c4cccc(-c5ccc6ccccc6c5)c4)c4cccc5oc6c7ccccc7ccc6c45)ccc32)cc1. The van der Waals surface area contributed by atoms with Crippen LogP contribution in [0.1, 0.15) is 0 Å². The third kappa shape index (κ3) is 4.68. The molecule has 0 atom stereocenters. The van der Waals surface area contributed by atoms with Crippen LogP contribution in [0.3, 0.4) is 0 Å². The molecule has 11 rings (SSSR count). The Hall–Kier alpha value is -7.10. The van der Waals surface area contributed by atoms with E-state index < -0.39 is 0 Å². The van der Waals surface area contributed by atoms with Gasteiger partial charge in [-0.25, -0.2) is 0 Å². The molecular formula is C50H32N2O. The molecule has 248 valence electrons. The van der Waals surface area contributed by atoms with Gasteiger partial charge in [-0.2, -0.15) is 0 Å². The number of para-hydroxylation sites is 2. The zero-order chi connectivity index (χ0) is 34.9. The van der Waals surface area contributed by atoms with Crippen LogP contribution >= 0.6 is 0 Å². The van der Waals surface area contributed by atoms with E-state index in [4.69, 9.17) is 4.42 Å². The Labute approximate surface area is 306 Å². The van der Waals surface area contributed by atoms with Crippen molar-refractivity contribution in [3.8, 4) is 16.8 Å². The topological polar surface area (TPSA) is 21.3 Å². The molecule has 0 unspecified atom stereocenters. The molecule has 0 saturated heterocycles. The lowest BCUT2D eigenvalue weighted by Crippen LogP contribution is -2.10. The molecule has 0 amide bonds. The molecule has 0 N–H and O–H groups in total. The number of aromatic nitrogens is 1. The van der Waals surface area contributed by atoms with E-state index in [9.17, 15) is 0 Å². The highest BCUT2D eigenvalue weighted by Gasteiger charge is 2.22. The van der Waals surface area contributed by atoms with Crippen LogP contribution in [0.2, 0.25) is 0 Å². The Morgan fingerprint density at radius 1 is 0.396 bits per heavy atom. The van der Waals surface area contributed by atoms with Gasteiger partial charge in [0.1, 0.15) is 11.2 Å². The molecule has 2 aromatic heterocycles. The summed E-state index contributed by atoms with van der Waals surface area (Å²) in [6.45, 7) is 0. The van der Waals surface area contributed by atoms with Crippen molar-refractivity contribution in [1.29, 1.82) is 0 Å². The molecule has 0 aliphatic carbocycles. The number of anilines is 3. The van der Waals surface area contributed by atoms with Gasteiger partial charge in [0.2, 0.25) is 0 Å². The van der Waals surface area contributed by atoms with Crippen molar-refractivity contribution < 1.29 is 4.42 Å². The van der Waals surface area contributed by atoms with Gasteiger partial charge in [0, 0.05) is 38.6 Å². The fourth-order valence-electron chi connectivity index (χ4n) is 8.30. The Morgan fingerprint density at radius 3 is 2.00 bits per heavy atom.